The molecule has 0 N–H and O–H groups in total. The van der Waals surface area contributed by atoms with Crippen LogP contribution in [-0.2, 0) is 0 Å². The van der Waals surface area contributed by atoms with Crippen LogP contribution in [0.1, 0.15) is 0 Å². The molecule has 2 rings (SSSR count). The highest BCUT2D eigenvalue weighted by Crippen LogP contribution is 2.14. The van der Waals surface area contributed by atoms with Gasteiger partial charge in [0.05, 0.1) is 17.2 Å². The van der Waals surface area contributed by atoms with E-state index in [1.807, 2.05) is 18.2 Å². The molecule has 0 spiro atoms. The van der Waals surface area contributed by atoms with Gasteiger partial charge in [-0.1, -0.05) is 0 Å². The number of benzene rings is 1. The lowest BCUT2D eigenvalue weighted by Crippen LogP contribution is -1.86. The van der Waals surface area contributed by atoms with Crippen LogP contribution in [0.4, 0.5) is 0 Å². The molecule has 0 bridgehead atoms. The Bertz CT molecular complexity index is 387. The molecule has 2 aromatic rings. The number of aromatic nitrogens is 2. The Kier molecular flexibility index (Phi) is 2.44. The lowest BCUT2D eigenvalue weighted by Gasteiger charge is -1.96. The zero-order valence-electron chi connectivity index (χ0n) is 5.96. The Morgan fingerprint density at radius 2 is 1.92 bits per heavy atom. The van der Waals surface area contributed by atoms with Crippen molar-refractivity contribution >= 4 is 56.2 Å². The van der Waals surface area contributed by atoms with E-state index in [4.69, 9.17) is 0 Å². The average molecular weight is 382 g/mol. The van der Waals surface area contributed by atoms with Crippen molar-refractivity contribution in [3.8, 4) is 0 Å². The second kappa shape index (κ2) is 3.41. The van der Waals surface area contributed by atoms with Crippen molar-refractivity contribution in [2.45, 2.75) is 0 Å². The maximum atomic E-state index is 4.34. The molecule has 2 nitrogen and oxygen atoms in total. The van der Waals surface area contributed by atoms with E-state index in [9.17, 15) is 0 Å². The van der Waals surface area contributed by atoms with Gasteiger partial charge in [-0.3, -0.25) is 4.98 Å². The van der Waals surface area contributed by atoms with Crippen LogP contribution in [0.2, 0.25) is 0 Å². The maximum Gasteiger partial charge on any atom is 0.120 e. The fourth-order valence-electron chi connectivity index (χ4n) is 0.961. The molecular formula is C8H4I2N2. The van der Waals surface area contributed by atoms with Gasteiger partial charge in [-0.05, 0) is 63.4 Å². The molecule has 12 heavy (non-hydrogen) atoms. The number of nitrogens with zero attached hydrogens (tertiary/aromatic N) is 2. The first kappa shape index (κ1) is 8.61. The number of rotatable bonds is 0. The van der Waals surface area contributed by atoms with Crippen molar-refractivity contribution < 1.29 is 0 Å². The summed E-state index contributed by atoms with van der Waals surface area (Å²) in [6.07, 6.45) is 1.78. The third-order valence-electron chi connectivity index (χ3n) is 1.47. The summed E-state index contributed by atoms with van der Waals surface area (Å²) in [7, 11) is 0. The number of fused-ring (bicyclic) bond motifs is 1. The summed E-state index contributed by atoms with van der Waals surface area (Å²) in [5.41, 5.74) is 1.92. The molecule has 0 aliphatic carbocycles. The molecule has 1 aromatic heterocycles. The highest BCUT2D eigenvalue weighted by molar-refractivity contribution is 14.1. The van der Waals surface area contributed by atoms with Crippen LogP contribution >= 0.6 is 45.2 Å². The van der Waals surface area contributed by atoms with Gasteiger partial charge in [0.2, 0.25) is 0 Å². The lowest BCUT2D eigenvalue weighted by atomic mass is 10.3. The van der Waals surface area contributed by atoms with E-state index in [1.54, 1.807) is 6.20 Å². The normalized spacial score (nSPS) is 10.5. The largest absolute Gasteiger partial charge is 0.252 e. The van der Waals surface area contributed by atoms with Gasteiger partial charge in [0, 0.05) is 3.57 Å². The molecule has 0 atom stereocenters. The zero-order valence-corrected chi connectivity index (χ0v) is 10.3. The van der Waals surface area contributed by atoms with E-state index in [1.165, 1.54) is 3.57 Å². The Morgan fingerprint density at radius 1 is 1.08 bits per heavy atom. The molecule has 0 saturated heterocycles. The van der Waals surface area contributed by atoms with Crippen molar-refractivity contribution in [2.75, 3.05) is 0 Å². The van der Waals surface area contributed by atoms with Gasteiger partial charge < -0.3 is 0 Å². The van der Waals surface area contributed by atoms with Gasteiger partial charge >= 0.3 is 0 Å². The summed E-state index contributed by atoms with van der Waals surface area (Å²) in [6.45, 7) is 0. The maximum absolute atomic E-state index is 4.34. The summed E-state index contributed by atoms with van der Waals surface area (Å²) in [5, 5.41) is 0. The van der Waals surface area contributed by atoms with Crippen LogP contribution in [0, 0.1) is 7.27 Å². The smallest absolute Gasteiger partial charge is 0.120 e. The van der Waals surface area contributed by atoms with Crippen molar-refractivity contribution in [1.29, 1.82) is 0 Å². The van der Waals surface area contributed by atoms with E-state index in [2.05, 4.69) is 55.1 Å². The van der Waals surface area contributed by atoms with Crippen LogP contribution < -0.4 is 0 Å². The Morgan fingerprint density at radius 3 is 2.75 bits per heavy atom. The molecule has 1 heterocycles. The second-order valence-electron chi connectivity index (χ2n) is 2.33. The molecule has 60 valence electrons. The second-order valence-corrected chi connectivity index (χ2v) is 4.68. The molecule has 1 aromatic carbocycles. The summed E-state index contributed by atoms with van der Waals surface area (Å²) in [5.74, 6) is 0. The van der Waals surface area contributed by atoms with Crippen LogP contribution in [0.25, 0.3) is 11.0 Å². The summed E-state index contributed by atoms with van der Waals surface area (Å²) < 4.78 is 2.12. The van der Waals surface area contributed by atoms with E-state index >= 15 is 0 Å². The highest BCUT2D eigenvalue weighted by atomic mass is 127. The van der Waals surface area contributed by atoms with Gasteiger partial charge in [-0.2, -0.15) is 0 Å². The van der Waals surface area contributed by atoms with Crippen LogP contribution in [-0.4, -0.2) is 9.97 Å². The molecule has 0 radical (unpaired) electrons. The Balaban J connectivity index is 2.79. The highest BCUT2D eigenvalue weighted by Gasteiger charge is 1.96. The predicted octanol–water partition coefficient (Wildman–Crippen LogP) is 2.84. The van der Waals surface area contributed by atoms with Gasteiger partial charge in [0.25, 0.3) is 0 Å². The minimum atomic E-state index is 0.932. The molecule has 4 heteroatoms. The average Bonchev–Trinajstić information content (AvgIpc) is 2.05. The molecule has 0 unspecified atom stereocenters. The minimum Gasteiger partial charge on any atom is -0.252 e. The topological polar surface area (TPSA) is 25.8 Å². The Hall–Kier alpha value is 0.0200. The van der Waals surface area contributed by atoms with Crippen molar-refractivity contribution in [1.82, 2.24) is 9.97 Å². The van der Waals surface area contributed by atoms with Gasteiger partial charge in [-0.25, -0.2) is 4.98 Å². The quantitative estimate of drug-likeness (QED) is 0.656. The van der Waals surface area contributed by atoms with Crippen LogP contribution in [0.3, 0.4) is 0 Å². The minimum absolute atomic E-state index is 0.932. The number of halogens is 2. The molecule has 0 aliphatic heterocycles. The molecule has 0 aliphatic rings. The first-order chi connectivity index (χ1) is 5.75. The summed E-state index contributed by atoms with van der Waals surface area (Å²) in [4.78, 5) is 8.60. The third kappa shape index (κ3) is 1.68. The van der Waals surface area contributed by atoms with Crippen molar-refractivity contribution in [3.63, 3.8) is 0 Å². The van der Waals surface area contributed by atoms with E-state index in [0.29, 0.717) is 0 Å². The molecule has 0 amide bonds. The van der Waals surface area contributed by atoms with E-state index in [0.717, 1.165) is 14.7 Å². The molecule has 0 fully saturated rings. The number of hydrogen-bond acceptors (Lipinski definition) is 2. The first-order valence-corrected chi connectivity index (χ1v) is 5.49. The molecular weight excluding hydrogens is 378 g/mol. The zero-order chi connectivity index (χ0) is 8.55. The van der Waals surface area contributed by atoms with Gasteiger partial charge in [-0.15, -0.1) is 0 Å². The fraction of sp³-hybridized carbons (Fsp3) is 0. The van der Waals surface area contributed by atoms with Gasteiger partial charge in [0.1, 0.15) is 3.70 Å². The van der Waals surface area contributed by atoms with Crippen LogP contribution in [0.15, 0.2) is 24.4 Å². The van der Waals surface area contributed by atoms with Crippen LogP contribution in [0.5, 0.6) is 0 Å². The van der Waals surface area contributed by atoms with E-state index < -0.39 is 0 Å². The monoisotopic (exact) mass is 382 g/mol. The molecule has 0 saturated carbocycles. The SMILES string of the molecule is Ic1ccc2nc(I)cnc2c1. The summed E-state index contributed by atoms with van der Waals surface area (Å²) in [6, 6.07) is 6.05. The van der Waals surface area contributed by atoms with Gasteiger partial charge in [0.15, 0.2) is 0 Å². The summed E-state index contributed by atoms with van der Waals surface area (Å²) >= 11 is 4.43. The third-order valence-corrected chi connectivity index (χ3v) is 2.67. The fourth-order valence-corrected chi connectivity index (χ4v) is 1.84. The predicted molar refractivity (Wildman–Crippen MR) is 65.0 cm³/mol. The van der Waals surface area contributed by atoms with Crippen molar-refractivity contribution in [3.05, 3.63) is 31.7 Å². The lowest BCUT2D eigenvalue weighted by molar-refractivity contribution is 1.24. The standard InChI is InChI=1S/C8H4I2N2/c9-5-1-2-6-7(3-5)11-4-8(10)12-6/h1-4H. The Labute approximate surface area is 97.1 Å². The van der Waals surface area contributed by atoms with E-state index in [-0.39, 0.29) is 0 Å². The van der Waals surface area contributed by atoms with Crippen molar-refractivity contribution in [2.24, 2.45) is 0 Å². The first-order valence-electron chi connectivity index (χ1n) is 3.33. The number of hydrogen-bond donors (Lipinski definition) is 0.